The molecule has 5 aromatic rings. The molecule has 12 heteroatoms. The number of ether oxygens (including phenoxy) is 1. The molecule has 10 nitrogen and oxygen atoms in total. The molecule has 0 aliphatic carbocycles. The van der Waals surface area contributed by atoms with Crippen LogP contribution in [-0.4, -0.2) is 58.2 Å². The second-order valence-electron chi connectivity index (χ2n) is 11.7. The van der Waals surface area contributed by atoms with Crippen LogP contribution in [0.1, 0.15) is 29.7 Å². The van der Waals surface area contributed by atoms with E-state index in [-0.39, 0.29) is 24.1 Å². The van der Waals surface area contributed by atoms with Crippen LogP contribution in [0, 0.1) is 6.92 Å². The zero-order valence-electron chi connectivity index (χ0n) is 26.6. The number of pyridine rings is 2. The summed E-state index contributed by atoms with van der Waals surface area (Å²) < 4.78 is 7.15. The van der Waals surface area contributed by atoms with Gasteiger partial charge in [0.1, 0.15) is 5.65 Å². The molecule has 48 heavy (non-hydrogen) atoms. The summed E-state index contributed by atoms with van der Waals surface area (Å²) in [4.78, 5) is 34.2. The number of aromatic nitrogens is 3. The monoisotopic (exact) mass is 686 g/mol. The molecule has 0 saturated carbocycles. The predicted molar refractivity (Wildman–Crippen MR) is 189 cm³/mol. The number of hydrogen-bond donors (Lipinski definition) is 4. The highest BCUT2D eigenvalue weighted by Gasteiger charge is 2.21. The summed E-state index contributed by atoms with van der Waals surface area (Å²) >= 11 is 14.2. The van der Waals surface area contributed by atoms with Crippen molar-refractivity contribution in [3.8, 4) is 39.4 Å². The molecule has 1 fully saturated rings. The quantitative estimate of drug-likeness (QED) is 0.132. The second kappa shape index (κ2) is 14.8. The van der Waals surface area contributed by atoms with E-state index in [0.717, 1.165) is 39.8 Å². The lowest BCUT2D eigenvalue weighted by Gasteiger charge is -2.16. The van der Waals surface area contributed by atoms with Gasteiger partial charge in [0, 0.05) is 78.3 Å². The predicted octanol–water partition coefficient (Wildman–Crippen LogP) is 5.16. The third-order valence-electron chi connectivity index (χ3n) is 8.52. The highest BCUT2D eigenvalue weighted by atomic mass is 35.5. The molecule has 3 aromatic heterocycles. The fourth-order valence-corrected chi connectivity index (χ4v) is 6.65. The average molecular weight is 688 g/mol. The van der Waals surface area contributed by atoms with Gasteiger partial charge in [-0.15, -0.1) is 0 Å². The van der Waals surface area contributed by atoms with Crippen LogP contribution < -0.4 is 26.2 Å². The van der Waals surface area contributed by atoms with Crippen molar-refractivity contribution in [3.05, 3.63) is 104 Å². The second-order valence-corrected chi connectivity index (χ2v) is 12.4. The van der Waals surface area contributed by atoms with Gasteiger partial charge in [-0.2, -0.15) is 0 Å². The van der Waals surface area contributed by atoms with E-state index in [1.165, 1.54) is 4.40 Å². The fraction of sp³-hybridized carbons (Fsp3) is 0.278. The summed E-state index contributed by atoms with van der Waals surface area (Å²) in [7, 11) is 1.59. The molecule has 1 atom stereocenters. The molecular formula is C36H36Cl2N6O4. The number of methoxy groups -OCH3 is 1. The number of carbonyl (C=O) groups is 1. The Morgan fingerprint density at radius 2 is 1.69 bits per heavy atom. The summed E-state index contributed by atoms with van der Waals surface area (Å²) in [5, 5.41) is 19.5. The van der Waals surface area contributed by atoms with Gasteiger partial charge in [0.2, 0.25) is 11.8 Å². The molecule has 6 rings (SSSR count). The van der Waals surface area contributed by atoms with Crippen molar-refractivity contribution in [2.24, 2.45) is 0 Å². The smallest absolute Gasteiger partial charge is 0.262 e. The van der Waals surface area contributed by atoms with Crippen LogP contribution in [0.25, 0.3) is 39.2 Å². The number of amides is 1. The van der Waals surface area contributed by atoms with Crippen LogP contribution in [0.3, 0.4) is 0 Å². The maximum absolute atomic E-state index is 13.2. The van der Waals surface area contributed by atoms with Gasteiger partial charge in [-0.3, -0.25) is 14.0 Å². The van der Waals surface area contributed by atoms with E-state index in [4.69, 9.17) is 38.0 Å². The Morgan fingerprint density at radius 3 is 2.40 bits per heavy atom. The number of aryl methyl sites for hydroxylation is 1. The summed E-state index contributed by atoms with van der Waals surface area (Å²) in [5.41, 5.74) is 6.88. The Bertz CT molecular complexity index is 2050. The van der Waals surface area contributed by atoms with Gasteiger partial charge in [-0.05, 0) is 37.1 Å². The number of carbonyl (C=O) groups excluding carboxylic acids is 1. The maximum Gasteiger partial charge on any atom is 0.262 e. The molecule has 0 radical (unpaired) electrons. The lowest BCUT2D eigenvalue weighted by molar-refractivity contribution is -0.119. The van der Waals surface area contributed by atoms with Crippen molar-refractivity contribution in [1.29, 1.82) is 0 Å². The number of aliphatic hydroxyl groups is 1. The van der Waals surface area contributed by atoms with Crippen molar-refractivity contribution in [1.82, 2.24) is 30.3 Å². The van der Waals surface area contributed by atoms with E-state index in [1.54, 1.807) is 20.2 Å². The first-order chi connectivity index (χ1) is 23.3. The van der Waals surface area contributed by atoms with Crippen molar-refractivity contribution in [3.63, 3.8) is 0 Å². The standard InChI is InChI=1S/C36H36Cl2N6O4/c1-21-29(20-39-14-16-45)36(47)44-15-13-22(17-31(44)41-21)25-5-3-6-26(33(25)37)27-7-4-8-28(34(27)38)30-11-9-23(35(43-30)48-2)18-40-19-24-10-12-32(46)42-24/h3-9,11,13,15,17,24,39-40,45H,10,12,14,16,18-20H2,1-2H3,(H,42,46)/t24-/m1/s1. The molecule has 248 valence electrons. The Labute approximate surface area is 288 Å². The number of benzene rings is 2. The normalized spacial score (nSPS) is 14.4. The molecule has 1 saturated heterocycles. The number of fused-ring (bicyclic) bond motifs is 1. The molecule has 0 bridgehead atoms. The summed E-state index contributed by atoms with van der Waals surface area (Å²) in [5.74, 6) is 0.583. The summed E-state index contributed by atoms with van der Waals surface area (Å²) in [6.45, 7) is 3.72. The largest absolute Gasteiger partial charge is 0.481 e. The molecule has 4 heterocycles. The first-order valence-corrected chi connectivity index (χ1v) is 16.5. The van der Waals surface area contributed by atoms with E-state index < -0.39 is 0 Å². The van der Waals surface area contributed by atoms with Crippen molar-refractivity contribution >= 4 is 34.8 Å². The van der Waals surface area contributed by atoms with Gasteiger partial charge in [-0.1, -0.05) is 65.7 Å². The molecule has 0 unspecified atom stereocenters. The van der Waals surface area contributed by atoms with Crippen molar-refractivity contribution in [2.45, 2.75) is 38.9 Å². The van der Waals surface area contributed by atoms with Gasteiger partial charge < -0.3 is 25.8 Å². The number of hydrogen-bond acceptors (Lipinski definition) is 8. The topological polar surface area (TPSA) is 130 Å². The Morgan fingerprint density at radius 1 is 0.958 bits per heavy atom. The van der Waals surface area contributed by atoms with Gasteiger partial charge in [0.15, 0.2) is 0 Å². The molecule has 1 aliphatic heterocycles. The number of nitrogens with zero attached hydrogens (tertiary/aromatic N) is 3. The molecule has 2 aromatic carbocycles. The third-order valence-corrected chi connectivity index (χ3v) is 9.33. The highest BCUT2D eigenvalue weighted by molar-refractivity contribution is 6.39. The first kappa shape index (κ1) is 33.6. The minimum absolute atomic E-state index is 0.0123. The first-order valence-electron chi connectivity index (χ1n) is 15.7. The molecule has 1 aliphatic rings. The molecular weight excluding hydrogens is 651 g/mol. The van der Waals surface area contributed by atoms with Crippen LogP contribution in [0.5, 0.6) is 5.88 Å². The van der Waals surface area contributed by atoms with E-state index in [1.807, 2.05) is 60.7 Å². The summed E-state index contributed by atoms with van der Waals surface area (Å²) in [6, 6.07) is 19.2. The van der Waals surface area contributed by atoms with E-state index in [0.29, 0.717) is 71.1 Å². The average Bonchev–Trinajstić information content (AvgIpc) is 3.51. The lowest BCUT2D eigenvalue weighted by atomic mass is 9.97. The number of nitrogens with one attached hydrogen (secondary N) is 3. The lowest BCUT2D eigenvalue weighted by Crippen LogP contribution is -2.35. The highest BCUT2D eigenvalue weighted by Crippen LogP contribution is 2.42. The van der Waals surface area contributed by atoms with Gasteiger partial charge >= 0.3 is 0 Å². The van der Waals surface area contributed by atoms with E-state index in [9.17, 15) is 9.59 Å². The van der Waals surface area contributed by atoms with Crippen molar-refractivity contribution in [2.75, 3.05) is 26.8 Å². The van der Waals surface area contributed by atoms with Crippen LogP contribution >= 0.6 is 23.2 Å². The van der Waals surface area contributed by atoms with E-state index in [2.05, 4.69) is 20.9 Å². The molecule has 0 spiro atoms. The number of aliphatic hydroxyl groups excluding tert-OH is 1. The van der Waals surface area contributed by atoms with E-state index >= 15 is 0 Å². The van der Waals surface area contributed by atoms with Crippen LogP contribution in [-0.2, 0) is 17.9 Å². The van der Waals surface area contributed by atoms with Gasteiger partial charge in [0.25, 0.3) is 5.56 Å². The Kier molecular flexibility index (Phi) is 10.4. The molecule has 1 amide bonds. The fourth-order valence-electron chi connectivity index (χ4n) is 5.99. The van der Waals surface area contributed by atoms with Crippen LogP contribution in [0.15, 0.2) is 71.7 Å². The number of halogens is 2. The Hall–Kier alpha value is -4.32. The van der Waals surface area contributed by atoms with Crippen LogP contribution in [0.4, 0.5) is 0 Å². The minimum Gasteiger partial charge on any atom is -0.481 e. The molecule has 4 N–H and O–H groups in total. The zero-order valence-corrected chi connectivity index (χ0v) is 28.2. The van der Waals surface area contributed by atoms with Crippen LogP contribution in [0.2, 0.25) is 10.0 Å². The zero-order chi connectivity index (χ0) is 33.8. The Balaban J connectivity index is 1.28. The third kappa shape index (κ3) is 6.94. The van der Waals surface area contributed by atoms with Gasteiger partial charge in [0.05, 0.1) is 35.0 Å². The summed E-state index contributed by atoms with van der Waals surface area (Å²) in [6.07, 6.45) is 3.10. The minimum atomic E-state index is -0.161. The van der Waals surface area contributed by atoms with Crippen molar-refractivity contribution < 1.29 is 14.6 Å². The SMILES string of the molecule is COc1nc(-c2cccc(-c3cccc(-c4ccn5c(=O)c(CNCCO)c(C)nc5c4)c3Cl)c2Cl)ccc1CNC[C@H]1CCC(=O)N1. The van der Waals surface area contributed by atoms with Gasteiger partial charge in [-0.25, -0.2) is 9.97 Å². The number of rotatable bonds is 12. The maximum atomic E-state index is 13.2.